The minimum absolute atomic E-state index is 0.0272. The van der Waals surface area contributed by atoms with Crippen molar-refractivity contribution < 1.29 is 29.3 Å². The van der Waals surface area contributed by atoms with Gasteiger partial charge in [-0.25, -0.2) is 4.79 Å². The molecule has 1 saturated heterocycles. The molecule has 0 saturated carbocycles. The number of carboxylic acid groups (broad SMARTS) is 1. The summed E-state index contributed by atoms with van der Waals surface area (Å²) in [4.78, 5) is 24.0. The average molecular weight is 598 g/mol. The molecule has 0 aromatic heterocycles. The summed E-state index contributed by atoms with van der Waals surface area (Å²) in [5.41, 5.74) is 6.03. The molecule has 0 spiro atoms. The fourth-order valence-electron chi connectivity index (χ4n) is 5.25. The molecule has 8 heteroatoms. The van der Waals surface area contributed by atoms with Gasteiger partial charge in [-0.2, -0.15) is 0 Å². The molecule has 4 atom stereocenters. The molecular weight excluding hydrogens is 562 g/mol. The van der Waals surface area contributed by atoms with E-state index in [0.29, 0.717) is 17.2 Å². The van der Waals surface area contributed by atoms with E-state index >= 15 is 0 Å². The third-order valence-corrected chi connectivity index (χ3v) is 8.85. The van der Waals surface area contributed by atoms with E-state index in [2.05, 4.69) is 12.2 Å². The van der Waals surface area contributed by atoms with Gasteiger partial charge in [0.1, 0.15) is 0 Å². The van der Waals surface area contributed by atoms with Crippen molar-refractivity contribution in [3.05, 3.63) is 125 Å². The Hall–Kier alpha value is -3.95. The van der Waals surface area contributed by atoms with Crippen molar-refractivity contribution in [3.8, 4) is 11.1 Å². The fraction of sp³-hybridized carbons (Fsp3) is 0.257. The van der Waals surface area contributed by atoms with Gasteiger partial charge in [-0.3, -0.25) is 4.79 Å². The lowest BCUT2D eigenvalue weighted by Gasteiger charge is -2.41. The lowest BCUT2D eigenvalue weighted by atomic mass is 9.91. The Morgan fingerprint density at radius 3 is 2.23 bits per heavy atom. The van der Waals surface area contributed by atoms with Gasteiger partial charge < -0.3 is 25.0 Å². The van der Waals surface area contributed by atoms with E-state index in [4.69, 9.17) is 9.47 Å². The maximum atomic E-state index is 11.8. The van der Waals surface area contributed by atoms with Gasteiger partial charge in [0.25, 0.3) is 0 Å². The second kappa shape index (κ2) is 14.0. The van der Waals surface area contributed by atoms with Crippen LogP contribution >= 0.6 is 11.8 Å². The SMILES string of the molecule is CC(=O)NCc1ccccc1-c1ccc(C2OC(CSc3ccccc3C(=O)O)C(C)C(c3ccc(CO)cc3)O2)cc1. The van der Waals surface area contributed by atoms with Crippen LogP contribution in [0.2, 0.25) is 0 Å². The minimum Gasteiger partial charge on any atom is -0.478 e. The normalized spacial score (nSPS) is 20.0. The Balaban J connectivity index is 1.41. The van der Waals surface area contributed by atoms with Gasteiger partial charge in [0.05, 0.1) is 24.4 Å². The number of amides is 1. The number of thioether (sulfide) groups is 1. The zero-order valence-electron chi connectivity index (χ0n) is 24.1. The van der Waals surface area contributed by atoms with Crippen LogP contribution in [0.1, 0.15) is 58.9 Å². The summed E-state index contributed by atoms with van der Waals surface area (Å²) in [7, 11) is 0. The van der Waals surface area contributed by atoms with Crippen molar-refractivity contribution in [3.63, 3.8) is 0 Å². The Bertz CT molecular complexity index is 1560. The van der Waals surface area contributed by atoms with Crippen LogP contribution in [0.25, 0.3) is 11.1 Å². The third kappa shape index (κ3) is 7.35. The zero-order chi connectivity index (χ0) is 30.3. The monoisotopic (exact) mass is 597 g/mol. The molecule has 1 fully saturated rings. The highest BCUT2D eigenvalue weighted by Crippen LogP contribution is 2.43. The number of rotatable bonds is 10. The molecule has 0 aliphatic carbocycles. The van der Waals surface area contributed by atoms with Crippen LogP contribution in [0.5, 0.6) is 0 Å². The molecule has 1 aliphatic heterocycles. The van der Waals surface area contributed by atoms with Gasteiger partial charge in [0.2, 0.25) is 5.91 Å². The largest absolute Gasteiger partial charge is 0.478 e. The summed E-state index contributed by atoms with van der Waals surface area (Å²) < 4.78 is 13.1. The number of benzene rings is 4. The van der Waals surface area contributed by atoms with Gasteiger partial charge in [-0.15, -0.1) is 11.8 Å². The highest BCUT2D eigenvalue weighted by Gasteiger charge is 2.38. The van der Waals surface area contributed by atoms with Crippen LogP contribution < -0.4 is 5.32 Å². The van der Waals surface area contributed by atoms with Crippen molar-refractivity contribution in [2.24, 2.45) is 5.92 Å². The Morgan fingerprint density at radius 1 is 0.860 bits per heavy atom. The quantitative estimate of drug-likeness (QED) is 0.173. The van der Waals surface area contributed by atoms with Crippen LogP contribution in [0.4, 0.5) is 0 Å². The number of hydrogen-bond donors (Lipinski definition) is 3. The summed E-state index contributed by atoms with van der Waals surface area (Å²) in [6.07, 6.45) is -1.14. The van der Waals surface area contributed by atoms with Crippen molar-refractivity contribution >= 4 is 23.6 Å². The first-order valence-corrected chi connectivity index (χ1v) is 15.2. The molecule has 0 bridgehead atoms. The number of nitrogens with one attached hydrogen (secondary N) is 1. The second-order valence-corrected chi connectivity index (χ2v) is 11.7. The minimum atomic E-state index is -0.956. The summed E-state index contributed by atoms with van der Waals surface area (Å²) in [6, 6.07) is 30.8. The van der Waals surface area contributed by atoms with E-state index in [0.717, 1.165) is 33.4 Å². The van der Waals surface area contributed by atoms with Crippen molar-refractivity contribution in [1.82, 2.24) is 5.32 Å². The number of ether oxygens (including phenoxy) is 2. The standard InChI is InChI=1S/C35H35NO6S/c1-22-31(21-43-32-10-6-5-9-30(32)34(39)40)41-35(42-33(22)26-13-11-24(20-37)12-14-26)27-17-15-25(16-18-27)29-8-4-3-7-28(29)19-36-23(2)38/h3-18,22,31,33,35,37H,19-21H2,1-2H3,(H,36,38)(H,39,40). The molecule has 7 nitrogen and oxygen atoms in total. The van der Waals surface area contributed by atoms with E-state index in [-0.39, 0.29) is 36.2 Å². The van der Waals surface area contributed by atoms with Gasteiger partial charge in [-0.1, -0.05) is 91.9 Å². The highest BCUT2D eigenvalue weighted by atomic mass is 32.2. The number of carbonyl (C=O) groups excluding carboxylic acids is 1. The Labute approximate surface area is 255 Å². The summed E-state index contributed by atoms with van der Waals surface area (Å²) >= 11 is 1.47. The smallest absolute Gasteiger partial charge is 0.336 e. The first kappa shape index (κ1) is 30.5. The van der Waals surface area contributed by atoms with Crippen LogP contribution in [-0.4, -0.2) is 33.9 Å². The Morgan fingerprint density at radius 2 is 1.53 bits per heavy atom. The third-order valence-electron chi connectivity index (χ3n) is 7.68. The molecule has 1 amide bonds. The van der Waals surface area contributed by atoms with E-state index < -0.39 is 12.3 Å². The zero-order valence-corrected chi connectivity index (χ0v) is 24.9. The molecular formula is C35H35NO6S. The van der Waals surface area contributed by atoms with Crippen LogP contribution in [-0.2, 0) is 27.4 Å². The van der Waals surface area contributed by atoms with Crippen molar-refractivity contribution in [1.29, 1.82) is 0 Å². The predicted molar refractivity (Wildman–Crippen MR) is 166 cm³/mol. The van der Waals surface area contributed by atoms with Gasteiger partial charge >= 0.3 is 5.97 Å². The summed E-state index contributed by atoms with van der Waals surface area (Å²) in [5.74, 6) is -0.514. The number of carboxylic acids is 1. The lowest BCUT2D eigenvalue weighted by molar-refractivity contribution is -0.268. The first-order valence-electron chi connectivity index (χ1n) is 14.2. The highest BCUT2D eigenvalue weighted by molar-refractivity contribution is 7.99. The van der Waals surface area contributed by atoms with Crippen LogP contribution in [0, 0.1) is 5.92 Å². The maximum Gasteiger partial charge on any atom is 0.336 e. The van der Waals surface area contributed by atoms with E-state index in [1.165, 1.54) is 18.7 Å². The average Bonchev–Trinajstić information content (AvgIpc) is 3.03. The lowest BCUT2D eigenvalue weighted by Crippen LogP contribution is -2.38. The Kier molecular flexibility index (Phi) is 9.94. The van der Waals surface area contributed by atoms with E-state index in [9.17, 15) is 19.8 Å². The number of hydrogen-bond acceptors (Lipinski definition) is 6. The number of aliphatic hydroxyl groups is 1. The molecule has 4 aromatic carbocycles. The molecule has 0 radical (unpaired) electrons. The number of carbonyl (C=O) groups is 2. The van der Waals surface area contributed by atoms with Gasteiger partial charge in [-0.05, 0) is 39.9 Å². The topological polar surface area (TPSA) is 105 Å². The first-order chi connectivity index (χ1) is 20.8. The molecule has 4 aromatic rings. The molecule has 3 N–H and O–H groups in total. The molecule has 4 unspecified atom stereocenters. The number of aromatic carboxylic acids is 1. The molecule has 1 heterocycles. The van der Waals surface area contributed by atoms with Gasteiger partial charge in [0.15, 0.2) is 6.29 Å². The predicted octanol–water partition coefficient (Wildman–Crippen LogP) is 6.76. The van der Waals surface area contributed by atoms with E-state index in [1.54, 1.807) is 12.1 Å². The van der Waals surface area contributed by atoms with Gasteiger partial charge in [0, 0.05) is 35.6 Å². The maximum absolute atomic E-state index is 11.8. The summed E-state index contributed by atoms with van der Waals surface area (Å²) in [6.45, 7) is 4.01. The van der Waals surface area contributed by atoms with Crippen LogP contribution in [0.3, 0.4) is 0 Å². The van der Waals surface area contributed by atoms with Crippen LogP contribution in [0.15, 0.2) is 102 Å². The second-order valence-electron chi connectivity index (χ2n) is 10.6. The van der Waals surface area contributed by atoms with E-state index in [1.807, 2.05) is 84.9 Å². The summed E-state index contributed by atoms with van der Waals surface area (Å²) in [5, 5.41) is 22.1. The molecule has 43 heavy (non-hydrogen) atoms. The van der Waals surface area contributed by atoms with Crippen molar-refractivity contribution in [2.75, 3.05) is 5.75 Å². The fourth-order valence-corrected chi connectivity index (χ4v) is 6.46. The van der Waals surface area contributed by atoms with Crippen molar-refractivity contribution in [2.45, 2.75) is 50.4 Å². The molecule has 1 aliphatic rings. The molecule has 222 valence electrons. The molecule has 5 rings (SSSR count). The number of aliphatic hydroxyl groups excluding tert-OH is 1.